The van der Waals surface area contributed by atoms with Crippen molar-refractivity contribution in [1.29, 1.82) is 0 Å². The number of amides is 1. The van der Waals surface area contributed by atoms with Crippen molar-refractivity contribution >= 4 is 17.7 Å². The third-order valence-corrected chi connectivity index (χ3v) is 6.42. The molecular weight excluding hydrogens is 439 g/mol. The van der Waals surface area contributed by atoms with E-state index in [1.165, 1.54) is 4.90 Å². The minimum Gasteiger partial charge on any atom is -0.481 e. The maximum Gasteiger partial charge on any atom is 0.425 e. The van der Waals surface area contributed by atoms with E-state index in [9.17, 15) is 22.8 Å². The number of piperidine rings is 1. The number of hydrogen-bond donors (Lipinski definition) is 1. The van der Waals surface area contributed by atoms with Crippen molar-refractivity contribution in [3.05, 3.63) is 29.3 Å². The summed E-state index contributed by atoms with van der Waals surface area (Å²) in [6.07, 6.45) is -5.73. The molecule has 2 aliphatic heterocycles. The average molecular weight is 472 g/mol. The number of hydrogen-bond acceptors (Lipinski definition) is 5. The van der Waals surface area contributed by atoms with E-state index >= 15 is 0 Å². The first kappa shape index (κ1) is 25.1. The number of carboxylic acid groups (broad SMARTS) is 1. The Morgan fingerprint density at radius 2 is 1.76 bits per heavy atom. The lowest BCUT2D eigenvalue weighted by atomic mass is 9.92. The van der Waals surface area contributed by atoms with Crippen LogP contribution in [0.4, 0.5) is 23.7 Å². The number of ether oxygens (including phenoxy) is 1. The van der Waals surface area contributed by atoms with E-state index in [1.54, 1.807) is 0 Å². The Labute approximate surface area is 192 Å². The highest BCUT2D eigenvalue weighted by atomic mass is 19.4. The van der Waals surface area contributed by atoms with Crippen molar-refractivity contribution in [2.45, 2.75) is 51.9 Å². The Morgan fingerprint density at radius 3 is 2.33 bits per heavy atom. The molecule has 2 aliphatic rings. The van der Waals surface area contributed by atoms with Gasteiger partial charge in [-0.1, -0.05) is 12.1 Å². The average Bonchev–Trinajstić information content (AvgIpc) is 2.75. The zero-order valence-corrected chi connectivity index (χ0v) is 19.1. The number of halogens is 3. The Morgan fingerprint density at radius 1 is 1.12 bits per heavy atom. The van der Waals surface area contributed by atoms with E-state index in [-0.39, 0.29) is 12.3 Å². The zero-order valence-electron chi connectivity index (χ0n) is 19.1. The maximum atomic E-state index is 12.6. The Kier molecular flexibility index (Phi) is 8.10. The largest absolute Gasteiger partial charge is 0.481 e. The lowest BCUT2D eigenvalue weighted by molar-refractivity contribution is -0.200. The van der Waals surface area contributed by atoms with Crippen LogP contribution in [0.5, 0.6) is 0 Å². The molecule has 1 N–H and O–H groups in total. The van der Waals surface area contributed by atoms with Gasteiger partial charge < -0.3 is 19.6 Å². The molecule has 0 spiro atoms. The van der Waals surface area contributed by atoms with Crippen LogP contribution in [0.2, 0.25) is 0 Å². The van der Waals surface area contributed by atoms with Crippen molar-refractivity contribution in [2.24, 2.45) is 5.92 Å². The van der Waals surface area contributed by atoms with Crippen LogP contribution in [0.15, 0.2) is 18.2 Å². The summed E-state index contributed by atoms with van der Waals surface area (Å²) in [7, 11) is 0. The molecule has 184 valence electrons. The number of carboxylic acids is 1. The summed E-state index contributed by atoms with van der Waals surface area (Å²) in [6, 6.07) is 6.31. The SMILES string of the molecule is Cc1ccc(CN2CCN(C(=O)OC(C)C(F)(F)F)CC2)c(N2CCC(CC(=O)O)CC2)c1. The number of aryl methyl sites for hydroxylation is 1. The van der Waals surface area contributed by atoms with E-state index < -0.39 is 24.3 Å². The molecule has 2 fully saturated rings. The van der Waals surface area contributed by atoms with Crippen molar-refractivity contribution in [3.8, 4) is 0 Å². The van der Waals surface area contributed by atoms with E-state index in [0.29, 0.717) is 32.7 Å². The lowest BCUT2D eigenvalue weighted by Crippen LogP contribution is -2.49. The summed E-state index contributed by atoms with van der Waals surface area (Å²) in [5.74, 6) is -0.541. The molecule has 2 saturated heterocycles. The van der Waals surface area contributed by atoms with E-state index in [0.717, 1.165) is 49.7 Å². The topological polar surface area (TPSA) is 73.3 Å². The molecule has 0 aromatic heterocycles. The summed E-state index contributed by atoms with van der Waals surface area (Å²) in [6.45, 7) is 6.88. The number of piperazine rings is 1. The molecule has 0 saturated carbocycles. The van der Waals surface area contributed by atoms with Crippen LogP contribution >= 0.6 is 0 Å². The molecule has 7 nitrogen and oxygen atoms in total. The van der Waals surface area contributed by atoms with Crippen LogP contribution in [0, 0.1) is 12.8 Å². The first-order valence-corrected chi connectivity index (χ1v) is 11.3. The van der Waals surface area contributed by atoms with Crippen molar-refractivity contribution < 1.29 is 32.6 Å². The van der Waals surface area contributed by atoms with Gasteiger partial charge in [-0.15, -0.1) is 0 Å². The molecule has 3 rings (SSSR count). The number of anilines is 1. The van der Waals surface area contributed by atoms with Crippen LogP contribution in [0.1, 0.15) is 37.3 Å². The molecule has 0 aliphatic carbocycles. The van der Waals surface area contributed by atoms with Crippen LogP contribution in [0.3, 0.4) is 0 Å². The van der Waals surface area contributed by atoms with Crippen LogP contribution in [0.25, 0.3) is 0 Å². The van der Waals surface area contributed by atoms with Gasteiger partial charge in [-0.25, -0.2) is 4.79 Å². The Balaban J connectivity index is 1.56. The van der Waals surface area contributed by atoms with Gasteiger partial charge in [0.25, 0.3) is 0 Å². The van der Waals surface area contributed by atoms with Gasteiger partial charge in [-0.05, 0) is 49.8 Å². The van der Waals surface area contributed by atoms with Gasteiger partial charge in [0.1, 0.15) is 0 Å². The van der Waals surface area contributed by atoms with E-state index in [2.05, 4.69) is 32.7 Å². The maximum absolute atomic E-state index is 12.6. The summed E-state index contributed by atoms with van der Waals surface area (Å²) < 4.78 is 42.5. The highest BCUT2D eigenvalue weighted by Crippen LogP contribution is 2.30. The number of aliphatic carboxylic acids is 1. The molecule has 0 radical (unpaired) electrons. The molecule has 1 aromatic carbocycles. The third-order valence-electron chi connectivity index (χ3n) is 6.42. The normalized spacial score (nSPS) is 19.4. The minimum absolute atomic E-state index is 0.208. The Bertz CT molecular complexity index is 833. The van der Waals surface area contributed by atoms with Gasteiger partial charge in [0.2, 0.25) is 0 Å². The summed E-state index contributed by atoms with van der Waals surface area (Å²) in [5.41, 5.74) is 3.44. The number of rotatable bonds is 6. The quantitative estimate of drug-likeness (QED) is 0.679. The van der Waals surface area contributed by atoms with Gasteiger partial charge in [-0.2, -0.15) is 13.2 Å². The van der Waals surface area contributed by atoms with Gasteiger partial charge in [0, 0.05) is 57.9 Å². The molecule has 1 amide bonds. The third kappa shape index (κ3) is 6.99. The first-order valence-electron chi connectivity index (χ1n) is 11.3. The number of benzene rings is 1. The second-order valence-corrected chi connectivity index (χ2v) is 8.99. The predicted molar refractivity (Wildman–Crippen MR) is 117 cm³/mol. The molecule has 10 heteroatoms. The molecule has 1 aromatic rings. The first-order chi connectivity index (χ1) is 15.5. The van der Waals surface area contributed by atoms with Crippen molar-refractivity contribution in [2.75, 3.05) is 44.2 Å². The molecule has 2 heterocycles. The zero-order chi connectivity index (χ0) is 24.2. The van der Waals surface area contributed by atoms with E-state index in [4.69, 9.17) is 5.11 Å². The molecule has 1 atom stereocenters. The fourth-order valence-corrected chi connectivity index (χ4v) is 4.35. The lowest BCUT2D eigenvalue weighted by Gasteiger charge is -2.37. The van der Waals surface area contributed by atoms with Gasteiger partial charge in [-0.3, -0.25) is 9.69 Å². The predicted octanol–water partition coefficient (Wildman–Crippen LogP) is 3.89. The van der Waals surface area contributed by atoms with Gasteiger partial charge >= 0.3 is 18.2 Å². The number of alkyl halides is 3. The highest BCUT2D eigenvalue weighted by Gasteiger charge is 2.40. The fraction of sp³-hybridized carbons (Fsp3) is 0.652. The number of carbonyl (C=O) groups excluding carboxylic acids is 1. The summed E-state index contributed by atoms with van der Waals surface area (Å²) in [5, 5.41) is 9.04. The smallest absolute Gasteiger partial charge is 0.425 e. The van der Waals surface area contributed by atoms with Crippen LogP contribution < -0.4 is 4.90 Å². The van der Waals surface area contributed by atoms with Gasteiger partial charge in [0.15, 0.2) is 6.10 Å². The summed E-state index contributed by atoms with van der Waals surface area (Å²) >= 11 is 0. The molecule has 1 unspecified atom stereocenters. The van der Waals surface area contributed by atoms with Crippen molar-refractivity contribution in [3.63, 3.8) is 0 Å². The van der Waals surface area contributed by atoms with Crippen molar-refractivity contribution in [1.82, 2.24) is 9.80 Å². The second kappa shape index (κ2) is 10.6. The number of carbonyl (C=O) groups is 2. The number of nitrogens with zero attached hydrogens (tertiary/aromatic N) is 3. The van der Waals surface area contributed by atoms with E-state index in [1.807, 2.05) is 6.92 Å². The summed E-state index contributed by atoms with van der Waals surface area (Å²) in [4.78, 5) is 28.9. The minimum atomic E-state index is -4.57. The monoisotopic (exact) mass is 471 g/mol. The molecule has 0 bridgehead atoms. The molecular formula is C23H32F3N3O4. The Hall–Kier alpha value is -2.49. The fourth-order valence-electron chi connectivity index (χ4n) is 4.35. The molecule has 33 heavy (non-hydrogen) atoms. The standard InChI is InChI=1S/C23H32F3N3O4/c1-16-3-4-19(20(13-16)28-7-5-18(6-8-28)14-21(30)31)15-27-9-11-29(12-10-27)22(32)33-17(2)23(24,25)26/h3-4,13,17-18H,5-12,14-15H2,1-2H3,(H,30,31). The second-order valence-electron chi connectivity index (χ2n) is 8.99. The van der Waals surface area contributed by atoms with Crippen LogP contribution in [-0.4, -0.2) is 78.5 Å². The van der Waals surface area contributed by atoms with Gasteiger partial charge in [0.05, 0.1) is 0 Å². The highest BCUT2D eigenvalue weighted by molar-refractivity contribution is 5.68. The van der Waals surface area contributed by atoms with Crippen LogP contribution in [-0.2, 0) is 16.1 Å².